The lowest BCUT2D eigenvalue weighted by atomic mass is 10.1. The van der Waals surface area contributed by atoms with Crippen molar-refractivity contribution in [1.29, 1.82) is 0 Å². The molecule has 0 amide bonds. The first-order chi connectivity index (χ1) is 9.35. The fraction of sp³-hybridized carbons (Fsp3) is 0.750. The second kappa shape index (κ2) is 6.29. The van der Waals surface area contributed by atoms with Crippen LogP contribution in [0.25, 0.3) is 0 Å². The molecular weight excluding hydrogens is 250 g/mol. The van der Waals surface area contributed by atoms with Crippen molar-refractivity contribution < 1.29 is 4.42 Å². The van der Waals surface area contributed by atoms with E-state index in [-0.39, 0.29) is 5.54 Å². The Morgan fingerprint density at radius 2 is 2.15 bits per heavy atom. The summed E-state index contributed by atoms with van der Waals surface area (Å²) in [6.45, 7) is 10.7. The van der Waals surface area contributed by atoms with Gasteiger partial charge in [0.2, 0.25) is 0 Å². The van der Waals surface area contributed by atoms with Gasteiger partial charge >= 0.3 is 0 Å². The summed E-state index contributed by atoms with van der Waals surface area (Å²) in [5, 5.41) is 3.53. The zero-order valence-corrected chi connectivity index (χ0v) is 13.6. The molecule has 0 spiro atoms. The van der Waals surface area contributed by atoms with Crippen LogP contribution in [0.5, 0.6) is 0 Å². The summed E-state index contributed by atoms with van der Waals surface area (Å²) in [7, 11) is 4.33. The Morgan fingerprint density at radius 1 is 1.40 bits per heavy atom. The van der Waals surface area contributed by atoms with E-state index in [4.69, 9.17) is 4.42 Å². The molecular formula is C16H29N3O. The largest absolute Gasteiger partial charge is 0.468 e. The van der Waals surface area contributed by atoms with Gasteiger partial charge in [0.05, 0.1) is 12.8 Å². The van der Waals surface area contributed by atoms with Gasteiger partial charge in [0.25, 0.3) is 0 Å². The monoisotopic (exact) mass is 279 g/mol. The van der Waals surface area contributed by atoms with Crippen molar-refractivity contribution in [2.75, 3.05) is 27.2 Å². The molecule has 1 fully saturated rings. The van der Waals surface area contributed by atoms with E-state index >= 15 is 0 Å². The summed E-state index contributed by atoms with van der Waals surface area (Å²) >= 11 is 0. The van der Waals surface area contributed by atoms with E-state index in [2.05, 4.69) is 56.0 Å². The molecule has 2 heterocycles. The molecule has 0 radical (unpaired) electrons. The molecule has 2 rings (SSSR count). The maximum Gasteiger partial charge on any atom is 0.122 e. The van der Waals surface area contributed by atoms with Crippen molar-refractivity contribution in [2.45, 2.75) is 51.9 Å². The van der Waals surface area contributed by atoms with E-state index in [1.807, 2.05) is 6.26 Å². The molecule has 1 atom stereocenters. The van der Waals surface area contributed by atoms with E-state index in [0.29, 0.717) is 6.04 Å². The number of nitrogens with zero attached hydrogens (tertiary/aromatic N) is 2. The molecule has 114 valence electrons. The van der Waals surface area contributed by atoms with Gasteiger partial charge in [0.1, 0.15) is 5.76 Å². The highest BCUT2D eigenvalue weighted by atomic mass is 16.3. The third-order valence-electron chi connectivity index (χ3n) is 3.99. The van der Waals surface area contributed by atoms with Crippen LogP contribution in [0.15, 0.2) is 16.7 Å². The molecule has 0 aliphatic carbocycles. The van der Waals surface area contributed by atoms with Crippen molar-refractivity contribution in [3.8, 4) is 0 Å². The molecule has 1 N–H and O–H groups in total. The zero-order chi connectivity index (χ0) is 14.8. The molecule has 1 aromatic heterocycles. The molecule has 1 unspecified atom stereocenters. The predicted octanol–water partition coefficient (Wildman–Crippen LogP) is 2.30. The van der Waals surface area contributed by atoms with E-state index in [1.165, 1.54) is 12.0 Å². The lowest BCUT2D eigenvalue weighted by Crippen LogP contribution is -2.35. The first-order valence-corrected chi connectivity index (χ1v) is 7.54. The van der Waals surface area contributed by atoms with Crippen LogP contribution in [0.2, 0.25) is 0 Å². The van der Waals surface area contributed by atoms with Crippen molar-refractivity contribution in [3.63, 3.8) is 0 Å². The lowest BCUT2D eigenvalue weighted by molar-refractivity contribution is 0.250. The van der Waals surface area contributed by atoms with E-state index in [0.717, 1.165) is 31.9 Å². The van der Waals surface area contributed by atoms with Crippen LogP contribution in [0.1, 0.15) is 38.5 Å². The Labute approximate surface area is 123 Å². The van der Waals surface area contributed by atoms with Gasteiger partial charge in [-0.2, -0.15) is 0 Å². The van der Waals surface area contributed by atoms with E-state index in [9.17, 15) is 0 Å². The van der Waals surface area contributed by atoms with Crippen LogP contribution in [-0.2, 0) is 13.1 Å². The quantitative estimate of drug-likeness (QED) is 0.896. The van der Waals surface area contributed by atoms with Gasteiger partial charge in [0.15, 0.2) is 0 Å². The number of hydrogen-bond acceptors (Lipinski definition) is 4. The van der Waals surface area contributed by atoms with Gasteiger partial charge in [-0.1, -0.05) is 0 Å². The van der Waals surface area contributed by atoms with Crippen LogP contribution in [-0.4, -0.2) is 48.6 Å². The molecule has 1 aliphatic rings. The Morgan fingerprint density at radius 3 is 2.75 bits per heavy atom. The van der Waals surface area contributed by atoms with Gasteiger partial charge in [-0.25, -0.2) is 0 Å². The average molecular weight is 279 g/mol. The molecule has 1 aliphatic heterocycles. The SMILES string of the molecule is CN(C)C1CCN(Cc2occc2CNC(C)(C)C)C1. The van der Waals surface area contributed by atoms with Gasteiger partial charge in [-0.15, -0.1) is 0 Å². The van der Waals surface area contributed by atoms with E-state index < -0.39 is 0 Å². The van der Waals surface area contributed by atoms with Crippen LogP contribution in [0.4, 0.5) is 0 Å². The fourth-order valence-corrected chi connectivity index (χ4v) is 2.60. The Hall–Kier alpha value is -0.840. The maximum atomic E-state index is 5.69. The van der Waals surface area contributed by atoms with Gasteiger partial charge < -0.3 is 14.6 Å². The number of nitrogens with one attached hydrogen (secondary N) is 1. The summed E-state index contributed by atoms with van der Waals surface area (Å²) < 4.78 is 5.69. The number of likely N-dealkylation sites (N-methyl/N-ethyl adjacent to an activating group) is 1. The topological polar surface area (TPSA) is 31.6 Å². The Bertz CT molecular complexity index is 420. The number of hydrogen-bond donors (Lipinski definition) is 1. The summed E-state index contributed by atoms with van der Waals surface area (Å²) in [6, 6.07) is 2.77. The minimum Gasteiger partial charge on any atom is -0.468 e. The minimum atomic E-state index is 0.137. The predicted molar refractivity (Wildman–Crippen MR) is 82.7 cm³/mol. The van der Waals surface area contributed by atoms with Crippen LogP contribution >= 0.6 is 0 Å². The van der Waals surface area contributed by atoms with Crippen molar-refractivity contribution in [2.24, 2.45) is 0 Å². The third-order valence-corrected chi connectivity index (χ3v) is 3.99. The second-order valence-corrected chi connectivity index (χ2v) is 7.11. The highest BCUT2D eigenvalue weighted by Gasteiger charge is 2.25. The second-order valence-electron chi connectivity index (χ2n) is 7.11. The van der Waals surface area contributed by atoms with Crippen molar-refractivity contribution in [3.05, 3.63) is 23.7 Å². The van der Waals surface area contributed by atoms with E-state index in [1.54, 1.807) is 0 Å². The normalized spacial score (nSPS) is 21.0. The van der Waals surface area contributed by atoms with Crippen LogP contribution in [0, 0.1) is 0 Å². The highest BCUT2D eigenvalue weighted by molar-refractivity contribution is 5.17. The minimum absolute atomic E-state index is 0.137. The Balaban J connectivity index is 1.89. The van der Waals surface area contributed by atoms with Crippen LogP contribution < -0.4 is 5.32 Å². The summed E-state index contributed by atoms with van der Waals surface area (Å²) in [6.07, 6.45) is 3.07. The molecule has 1 saturated heterocycles. The van der Waals surface area contributed by atoms with Crippen molar-refractivity contribution >= 4 is 0 Å². The smallest absolute Gasteiger partial charge is 0.122 e. The first-order valence-electron chi connectivity index (χ1n) is 7.54. The maximum absolute atomic E-state index is 5.69. The fourth-order valence-electron chi connectivity index (χ4n) is 2.60. The lowest BCUT2D eigenvalue weighted by Gasteiger charge is -2.22. The number of furan rings is 1. The van der Waals surface area contributed by atoms with Gasteiger partial charge in [0, 0.05) is 36.8 Å². The third kappa shape index (κ3) is 4.33. The van der Waals surface area contributed by atoms with Gasteiger partial charge in [-0.05, 0) is 47.4 Å². The highest BCUT2D eigenvalue weighted by Crippen LogP contribution is 2.19. The molecule has 4 heteroatoms. The molecule has 0 aromatic carbocycles. The van der Waals surface area contributed by atoms with Crippen LogP contribution in [0.3, 0.4) is 0 Å². The molecule has 1 aromatic rings. The molecule has 20 heavy (non-hydrogen) atoms. The summed E-state index contributed by atoms with van der Waals surface area (Å²) in [5.41, 5.74) is 1.42. The first kappa shape index (κ1) is 15.5. The standard InChI is InChI=1S/C16H29N3O/c1-16(2,3)17-10-13-7-9-20-15(13)12-19-8-6-14(11-19)18(4)5/h7,9,14,17H,6,8,10-12H2,1-5H3. The molecule has 0 saturated carbocycles. The molecule has 0 bridgehead atoms. The summed E-state index contributed by atoms with van der Waals surface area (Å²) in [4.78, 5) is 4.81. The van der Waals surface area contributed by atoms with Gasteiger partial charge in [-0.3, -0.25) is 4.90 Å². The summed E-state index contributed by atoms with van der Waals surface area (Å²) in [5.74, 6) is 1.11. The average Bonchev–Trinajstić information content (AvgIpc) is 2.95. The van der Waals surface area contributed by atoms with Crippen molar-refractivity contribution in [1.82, 2.24) is 15.1 Å². The molecule has 4 nitrogen and oxygen atoms in total. The number of likely N-dealkylation sites (tertiary alicyclic amines) is 1. The zero-order valence-electron chi connectivity index (χ0n) is 13.6. The number of rotatable bonds is 5. The Kier molecular flexibility index (Phi) is 4.89.